The summed E-state index contributed by atoms with van der Waals surface area (Å²) in [6.45, 7) is 0. The van der Waals surface area contributed by atoms with E-state index < -0.39 is 0 Å². The monoisotopic (exact) mass is 321 g/mol. The molecule has 5 heteroatoms. The molecule has 4 nitrogen and oxygen atoms in total. The molecule has 0 fully saturated rings. The second-order valence-electron chi connectivity index (χ2n) is 4.32. The lowest BCUT2D eigenvalue weighted by Crippen LogP contribution is -2.13. The van der Waals surface area contributed by atoms with Crippen LogP contribution >= 0.6 is 15.9 Å². The second-order valence-corrected chi connectivity index (χ2v) is 5.11. The number of halogens is 1. The number of nitrogens with one attached hydrogen (secondary N) is 1. The van der Waals surface area contributed by atoms with Crippen LogP contribution < -0.4 is 5.32 Å². The molecule has 0 aliphatic heterocycles. The number of alkyl halides is 1. The lowest BCUT2D eigenvalue weighted by atomic mass is 10.1. The lowest BCUT2D eigenvalue weighted by Gasteiger charge is -2.06. The molecule has 0 saturated heterocycles. The first-order chi connectivity index (χ1) is 9.19. The third kappa shape index (κ3) is 3.92. The number of nitrogens with zero attached hydrogens (tertiary/aromatic N) is 2. The van der Waals surface area contributed by atoms with Crippen LogP contribution in [0, 0.1) is 0 Å². The molecule has 0 bridgehead atoms. The molecule has 2 aromatic rings. The second kappa shape index (κ2) is 6.52. The van der Waals surface area contributed by atoms with Crippen molar-refractivity contribution in [2.75, 3.05) is 10.6 Å². The average Bonchev–Trinajstić information content (AvgIpc) is 2.83. The number of rotatable bonds is 5. The largest absolute Gasteiger partial charge is 0.321 e. The SMILES string of the molecule is Cn1ccc(C(=O)Nc2cccc(CCCBr)c2)n1. The molecule has 0 aliphatic carbocycles. The van der Waals surface area contributed by atoms with Gasteiger partial charge in [-0.3, -0.25) is 9.48 Å². The van der Waals surface area contributed by atoms with E-state index >= 15 is 0 Å². The summed E-state index contributed by atoms with van der Waals surface area (Å²) in [6.07, 6.45) is 3.83. The Kier molecular flexibility index (Phi) is 4.74. The highest BCUT2D eigenvalue weighted by Gasteiger charge is 2.09. The van der Waals surface area contributed by atoms with E-state index in [4.69, 9.17) is 0 Å². The van der Waals surface area contributed by atoms with Gasteiger partial charge in [-0.1, -0.05) is 28.1 Å². The molecular weight excluding hydrogens is 306 g/mol. The van der Waals surface area contributed by atoms with Crippen LogP contribution in [0.1, 0.15) is 22.5 Å². The Bertz CT molecular complexity index is 565. The van der Waals surface area contributed by atoms with Crippen molar-refractivity contribution in [1.82, 2.24) is 9.78 Å². The van der Waals surface area contributed by atoms with E-state index in [9.17, 15) is 4.79 Å². The van der Waals surface area contributed by atoms with Gasteiger partial charge in [-0.05, 0) is 36.6 Å². The minimum Gasteiger partial charge on any atom is -0.321 e. The zero-order valence-corrected chi connectivity index (χ0v) is 12.4. The van der Waals surface area contributed by atoms with E-state index in [1.165, 1.54) is 5.56 Å². The Hall–Kier alpha value is -1.62. The van der Waals surface area contributed by atoms with Gasteiger partial charge in [-0.15, -0.1) is 0 Å². The van der Waals surface area contributed by atoms with E-state index in [0.717, 1.165) is 23.9 Å². The molecule has 1 amide bonds. The summed E-state index contributed by atoms with van der Waals surface area (Å²) in [7, 11) is 1.79. The van der Waals surface area contributed by atoms with Crippen LogP contribution in [0.2, 0.25) is 0 Å². The van der Waals surface area contributed by atoms with E-state index in [1.54, 1.807) is 24.0 Å². The standard InChI is InChI=1S/C14H16BrN3O/c1-18-9-7-13(17-18)14(19)16-12-6-2-4-11(10-12)5-3-8-15/h2,4,6-7,9-10H,3,5,8H2,1H3,(H,16,19). The molecule has 100 valence electrons. The number of aromatic nitrogens is 2. The van der Waals surface area contributed by atoms with Crippen LogP contribution in [0.4, 0.5) is 5.69 Å². The third-order valence-corrected chi connectivity index (χ3v) is 3.29. The number of anilines is 1. The van der Waals surface area contributed by atoms with Crippen LogP contribution in [0.3, 0.4) is 0 Å². The van der Waals surface area contributed by atoms with Crippen molar-refractivity contribution in [2.24, 2.45) is 7.05 Å². The van der Waals surface area contributed by atoms with Crippen LogP contribution in [0.25, 0.3) is 0 Å². The molecule has 0 unspecified atom stereocenters. The van der Waals surface area contributed by atoms with Crippen molar-refractivity contribution >= 4 is 27.5 Å². The minimum atomic E-state index is -0.182. The maximum Gasteiger partial charge on any atom is 0.276 e. The molecule has 0 radical (unpaired) electrons. The normalized spacial score (nSPS) is 10.4. The van der Waals surface area contributed by atoms with E-state index in [2.05, 4.69) is 32.4 Å². The summed E-state index contributed by atoms with van der Waals surface area (Å²) in [5.74, 6) is -0.182. The van der Waals surface area contributed by atoms with Gasteiger partial charge in [0.15, 0.2) is 5.69 Å². The molecule has 2 rings (SSSR count). The van der Waals surface area contributed by atoms with Gasteiger partial charge in [0.05, 0.1) is 0 Å². The topological polar surface area (TPSA) is 46.9 Å². The minimum absolute atomic E-state index is 0.182. The predicted molar refractivity (Wildman–Crippen MR) is 79.7 cm³/mol. The van der Waals surface area contributed by atoms with Crippen molar-refractivity contribution in [3.8, 4) is 0 Å². The van der Waals surface area contributed by atoms with Crippen molar-refractivity contribution in [2.45, 2.75) is 12.8 Å². The molecule has 1 aromatic heterocycles. The molecule has 0 atom stereocenters. The Morgan fingerprint density at radius 2 is 2.26 bits per heavy atom. The van der Waals surface area contributed by atoms with Gasteiger partial charge in [-0.25, -0.2) is 0 Å². The molecule has 19 heavy (non-hydrogen) atoms. The molecule has 0 aliphatic rings. The maximum atomic E-state index is 12.0. The van der Waals surface area contributed by atoms with Crippen LogP contribution in [-0.4, -0.2) is 21.0 Å². The summed E-state index contributed by atoms with van der Waals surface area (Å²) in [5, 5.41) is 7.92. The smallest absolute Gasteiger partial charge is 0.276 e. The number of carbonyl (C=O) groups is 1. The first-order valence-corrected chi connectivity index (χ1v) is 7.27. The van der Waals surface area contributed by atoms with Gasteiger partial charge in [0.25, 0.3) is 5.91 Å². The van der Waals surface area contributed by atoms with Gasteiger partial charge in [-0.2, -0.15) is 5.10 Å². The van der Waals surface area contributed by atoms with Crippen molar-refractivity contribution in [3.63, 3.8) is 0 Å². The van der Waals surface area contributed by atoms with Crippen molar-refractivity contribution < 1.29 is 4.79 Å². The van der Waals surface area contributed by atoms with Gasteiger partial charge in [0.1, 0.15) is 0 Å². The zero-order chi connectivity index (χ0) is 13.7. The highest BCUT2D eigenvalue weighted by molar-refractivity contribution is 9.09. The Morgan fingerprint density at radius 1 is 1.42 bits per heavy atom. The van der Waals surface area contributed by atoms with Gasteiger partial charge in [0, 0.05) is 24.3 Å². The molecule has 0 spiro atoms. The van der Waals surface area contributed by atoms with Gasteiger partial charge in [0.2, 0.25) is 0 Å². The Labute approximate surface area is 120 Å². The first kappa shape index (κ1) is 13.8. The number of hydrogen-bond donors (Lipinski definition) is 1. The summed E-state index contributed by atoms with van der Waals surface area (Å²) in [6, 6.07) is 9.61. The summed E-state index contributed by atoms with van der Waals surface area (Å²) >= 11 is 3.42. The first-order valence-electron chi connectivity index (χ1n) is 6.15. The van der Waals surface area contributed by atoms with Gasteiger partial charge >= 0.3 is 0 Å². The summed E-state index contributed by atoms with van der Waals surface area (Å²) in [5.41, 5.74) is 2.45. The maximum absolute atomic E-state index is 12.0. The van der Waals surface area contributed by atoms with Crippen molar-refractivity contribution in [3.05, 3.63) is 47.8 Å². The average molecular weight is 322 g/mol. The number of carbonyl (C=O) groups excluding carboxylic acids is 1. The lowest BCUT2D eigenvalue weighted by molar-refractivity contribution is 0.102. The van der Waals surface area contributed by atoms with Crippen LogP contribution in [0.5, 0.6) is 0 Å². The van der Waals surface area contributed by atoms with E-state index in [-0.39, 0.29) is 5.91 Å². The fourth-order valence-electron chi connectivity index (χ4n) is 1.81. The molecular formula is C14H16BrN3O. The highest BCUT2D eigenvalue weighted by atomic mass is 79.9. The molecule has 1 heterocycles. The molecule has 1 aromatic carbocycles. The summed E-state index contributed by atoms with van der Waals surface area (Å²) in [4.78, 5) is 12.0. The highest BCUT2D eigenvalue weighted by Crippen LogP contribution is 2.13. The fraction of sp³-hybridized carbons (Fsp3) is 0.286. The van der Waals surface area contributed by atoms with E-state index in [1.807, 2.05) is 18.2 Å². The Balaban J connectivity index is 2.04. The summed E-state index contributed by atoms with van der Waals surface area (Å²) < 4.78 is 1.61. The molecule has 0 saturated carbocycles. The fourth-order valence-corrected chi connectivity index (χ4v) is 2.09. The quantitative estimate of drug-likeness (QED) is 0.860. The Morgan fingerprint density at radius 3 is 2.95 bits per heavy atom. The molecule has 1 N–H and O–H groups in total. The number of benzene rings is 1. The van der Waals surface area contributed by atoms with E-state index in [0.29, 0.717) is 5.69 Å². The zero-order valence-electron chi connectivity index (χ0n) is 10.8. The van der Waals surface area contributed by atoms with Crippen LogP contribution in [0.15, 0.2) is 36.5 Å². The predicted octanol–water partition coefficient (Wildman–Crippen LogP) is 3.00. The van der Waals surface area contributed by atoms with Crippen LogP contribution in [-0.2, 0) is 13.5 Å². The number of aryl methyl sites for hydroxylation is 2. The number of amides is 1. The third-order valence-electron chi connectivity index (χ3n) is 2.73. The van der Waals surface area contributed by atoms with Gasteiger partial charge < -0.3 is 5.32 Å². The number of hydrogen-bond acceptors (Lipinski definition) is 2. The van der Waals surface area contributed by atoms with Crippen molar-refractivity contribution in [1.29, 1.82) is 0 Å².